The van der Waals surface area contributed by atoms with Gasteiger partial charge in [0.25, 0.3) is 5.91 Å². The number of ether oxygens (including phenoxy) is 1. The van der Waals surface area contributed by atoms with Crippen molar-refractivity contribution in [2.75, 3.05) is 18.2 Å². The normalized spacial score (nSPS) is 11.4. The van der Waals surface area contributed by atoms with Gasteiger partial charge < -0.3 is 4.74 Å². The van der Waals surface area contributed by atoms with Gasteiger partial charge in [-0.25, -0.2) is 13.1 Å². The van der Waals surface area contributed by atoms with Crippen molar-refractivity contribution in [2.24, 2.45) is 0 Å². The minimum Gasteiger partial charge on any atom is -0.491 e. The summed E-state index contributed by atoms with van der Waals surface area (Å²) in [6, 6.07) is 13.2. The second-order valence-electron chi connectivity index (χ2n) is 6.09. The quantitative estimate of drug-likeness (QED) is 0.458. The summed E-state index contributed by atoms with van der Waals surface area (Å²) < 4.78 is 31.1. The Labute approximate surface area is 173 Å². The molecule has 8 heteroatoms. The molecule has 0 unspecified atom stereocenters. The van der Waals surface area contributed by atoms with Gasteiger partial charge in [0.1, 0.15) is 5.75 Å². The van der Waals surface area contributed by atoms with Gasteiger partial charge in [0.15, 0.2) is 0 Å². The van der Waals surface area contributed by atoms with E-state index >= 15 is 0 Å². The van der Waals surface area contributed by atoms with E-state index in [2.05, 4.69) is 15.9 Å². The van der Waals surface area contributed by atoms with E-state index in [-0.39, 0.29) is 10.8 Å². The van der Waals surface area contributed by atoms with Crippen molar-refractivity contribution in [1.82, 2.24) is 4.72 Å². The number of benzene rings is 2. The monoisotopic (exact) mass is 471 g/mol. The molecule has 2 aromatic rings. The zero-order valence-electron chi connectivity index (χ0n) is 15.4. The third-order valence-electron chi connectivity index (χ3n) is 3.40. The van der Waals surface area contributed by atoms with E-state index in [1.54, 1.807) is 12.1 Å². The maximum atomic E-state index is 12.6. The first-order chi connectivity index (χ1) is 12.7. The number of halogens is 1. The van der Waals surface area contributed by atoms with E-state index in [0.29, 0.717) is 22.6 Å². The number of rotatable bonds is 8. The Morgan fingerprint density at radius 3 is 2.41 bits per heavy atom. The summed E-state index contributed by atoms with van der Waals surface area (Å²) in [4.78, 5) is 13.2. The first kappa shape index (κ1) is 21.8. The molecule has 0 radical (unpaired) electrons. The van der Waals surface area contributed by atoms with Gasteiger partial charge in [-0.3, -0.25) is 4.79 Å². The van der Waals surface area contributed by atoms with Crippen LogP contribution < -0.4 is 9.46 Å². The van der Waals surface area contributed by atoms with Crippen LogP contribution in [-0.2, 0) is 10.0 Å². The topological polar surface area (TPSA) is 72.5 Å². The summed E-state index contributed by atoms with van der Waals surface area (Å²) >= 11 is 4.83. The molecule has 0 spiro atoms. The van der Waals surface area contributed by atoms with Crippen LogP contribution in [0, 0.1) is 0 Å². The second-order valence-corrected chi connectivity index (χ2v) is 10.2. The molecule has 2 aromatic carbocycles. The zero-order valence-corrected chi connectivity index (χ0v) is 18.6. The number of alkyl halides is 1. The average molecular weight is 472 g/mol. The lowest BCUT2D eigenvalue weighted by atomic mass is 10.0. The highest BCUT2D eigenvalue weighted by Crippen LogP contribution is 2.42. The van der Waals surface area contributed by atoms with Gasteiger partial charge in [-0.2, -0.15) is 0 Å². The Hall–Kier alpha value is -1.51. The lowest BCUT2D eigenvalue weighted by molar-refractivity contribution is 0.0978. The molecule has 0 fully saturated rings. The van der Waals surface area contributed by atoms with Crippen LogP contribution in [0.4, 0.5) is 0 Å². The molecule has 0 aliphatic rings. The van der Waals surface area contributed by atoms with Crippen molar-refractivity contribution in [1.29, 1.82) is 0 Å². The fraction of sp³-hybridized carbons (Fsp3) is 0.316. The highest BCUT2D eigenvalue weighted by molar-refractivity contribution is 9.09. The fourth-order valence-corrected chi connectivity index (χ4v) is 4.09. The minimum atomic E-state index is -3.67. The molecule has 5 nitrogen and oxygen atoms in total. The third-order valence-corrected chi connectivity index (χ3v) is 5.39. The van der Waals surface area contributed by atoms with Crippen LogP contribution in [0.15, 0.2) is 47.4 Å². The highest BCUT2D eigenvalue weighted by atomic mass is 79.9. The van der Waals surface area contributed by atoms with Gasteiger partial charge in [-0.1, -0.05) is 60.1 Å². The molecule has 2 rings (SSSR count). The molecule has 0 saturated heterocycles. The molecular formula is C19H22BrNO4S2. The van der Waals surface area contributed by atoms with E-state index < -0.39 is 15.9 Å². The van der Waals surface area contributed by atoms with Crippen LogP contribution in [-0.4, -0.2) is 37.8 Å². The van der Waals surface area contributed by atoms with Gasteiger partial charge in [0.2, 0.25) is 10.0 Å². The van der Waals surface area contributed by atoms with Crippen LogP contribution in [0.3, 0.4) is 0 Å². The Balaban J connectivity index is 2.66. The van der Waals surface area contributed by atoms with E-state index in [1.165, 1.54) is 11.8 Å². The van der Waals surface area contributed by atoms with Crippen molar-refractivity contribution in [3.05, 3.63) is 48.0 Å². The van der Waals surface area contributed by atoms with Crippen LogP contribution >= 0.6 is 27.7 Å². The summed E-state index contributed by atoms with van der Waals surface area (Å²) in [5.41, 5.74) is 2.10. The van der Waals surface area contributed by atoms with Crippen LogP contribution in [0.2, 0.25) is 0 Å². The number of hydrogen-bond donors (Lipinski definition) is 1. The van der Waals surface area contributed by atoms with Crippen LogP contribution in [0.5, 0.6) is 5.75 Å². The summed E-state index contributed by atoms with van der Waals surface area (Å²) in [6.45, 7) is 4.43. The van der Waals surface area contributed by atoms with E-state index in [4.69, 9.17) is 4.74 Å². The SMILES string of the molecule is CC(C)Sc1c(C(=O)NS(C)(=O)=O)ccc(-c2ccccc2)c1OCCBr. The van der Waals surface area contributed by atoms with Crippen molar-refractivity contribution >= 4 is 43.6 Å². The van der Waals surface area contributed by atoms with E-state index in [1.807, 2.05) is 48.9 Å². The summed E-state index contributed by atoms with van der Waals surface area (Å²) in [5.74, 6) is -0.0792. The van der Waals surface area contributed by atoms with Crippen molar-refractivity contribution in [3.63, 3.8) is 0 Å². The summed E-state index contributed by atoms with van der Waals surface area (Å²) in [5, 5.41) is 0.805. The van der Waals surface area contributed by atoms with Crippen LogP contribution in [0.1, 0.15) is 24.2 Å². The van der Waals surface area contributed by atoms with Crippen molar-refractivity contribution in [2.45, 2.75) is 24.0 Å². The Bertz CT molecular complexity index is 899. The molecule has 0 heterocycles. The number of amides is 1. The maximum Gasteiger partial charge on any atom is 0.265 e. The molecule has 0 atom stereocenters. The molecule has 0 aliphatic carbocycles. The third kappa shape index (κ3) is 6.26. The number of nitrogens with one attached hydrogen (secondary N) is 1. The molecule has 1 N–H and O–H groups in total. The molecule has 27 heavy (non-hydrogen) atoms. The number of carbonyl (C=O) groups is 1. The molecule has 0 aromatic heterocycles. The number of thioether (sulfide) groups is 1. The summed E-state index contributed by atoms with van der Waals surface area (Å²) in [7, 11) is -3.67. The van der Waals surface area contributed by atoms with Gasteiger partial charge in [-0.15, -0.1) is 11.8 Å². The standard InChI is InChI=1S/C19H22BrNO4S2/c1-13(2)26-18-16(19(22)21-27(3,23)24)10-9-15(17(18)25-12-11-20)14-7-5-4-6-8-14/h4-10,13H,11-12H2,1-3H3,(H,21,22). The molecular weight excluding hydrogens is 450 g/mol. The van der Waals surface area contributed by atoms with Gasteiger partial charge in [0.05, 0.1) is 23.3 Å². The zero-order chi connectivity index (χ0) is 20.0. The minimum absolute atomic E-state index is 0.173. The maximum absolute atomic E-state index is 12.6. The Morgan fingerprint density at radius 1 is 1.19 bits per heavy atom. The predicted octanol–water partition coefficient (Wildman–Crippen LogP) is 4.32. The largest absolute Gasteiger partial charge is 0.491 e. The Kier molecular flexibility index (Phi) is 7.76. The van der Waals surface area contributed by atoms with E-state index in [0.717, 1.165) is 17.4 Å². The predicted molar refractivity (Wildman–Crippen MR) is 114 cm³/mol. The molecule has 0 aliphatic heterocycles. The smallest absolute Gasteiger partial charge is 0.265 e. The summed E-state index contributed by atoms with van der Waals surface area (Å²) in [6.07, 6.45) is 0.959. The van der Waals surface area contributed by atoms with Crippen molar-refractivity contribution in [3.8, 4) is 16.9 Å². The molecule has 0 saturated carbocycles. The number of carbonyl (C=O) groups excluding carboxylic acids is 1. The van der Waals surface area contributed by atoms with E-state index in [9.17, 15) is 13.2 Å². The molecule has 146 valence electrons. The van der Waals surface area contributed by atoms with Gasteiger partial charge >= 0.3 is 0 Å². The fourth-order valence-electron chi connectivity index (χ4n) is 2.45. The Morgan fingerprint density at radius 2 is 1.85 bits per heavy atom. The average Bonchev–Trinajstić information content (AvgIpc) is 2.59. The van der Waals surface area contributed by atoms with Crippen molar-refractivity contribution < 1.29 is 17.9 Å². The lowest BCUT2D eigenvalue weighted by Gasteiger charge is -2.20. The number of sulfonamides is 1. The second kappa shape index (κ2) is 9.61. The highest BCUT2D eigenvalue weighted by Gasteiger charge is 2.23. The van der Waals surface area contributed by atoms with Crippen LogP contribution in [0.25, 0.3) is 11.1 Å². The molecule has 1 amide bonds. The molecule has 0 bridgehead atoms. The lowest BCUT2D eigenvalue weighted by Crippen LogP contribution is -2.30. The van der Waals surface area contributed by atoms with Gasteiger partial charge in [0, 0.05) is 16.1 Å². The first-order valence-electron chi connectivity index (χ1n) is 8.33. The van der Waals surface area contributed by atoms with Gasteiger partial charge in [-0.05, 0) is 17.7 Å². The number of hydrogen-bond acceptors (Lipinski definition) is 5. The first-order valence-corrected chi connectivity index (χ1v) is 12.2.